The number of rotatable bonds is 5. The van der Waals surface area contributed by atoms with Crippen molar-refractivity contribution in [2.24, 2.45) is 5.92 Å². The van der Waals surface area contributed by atoms with E-state index in [1.165, 1.54) is 5.56 Å². The van der Waals surface area contributed by atoms with E-state index in [2.05, 4.69) is 0 Å². The normalized spacial score (nSPS) is 25.9. The predicted molar refractivity (Wildman–Crippen MR) is 77.7 cm³/mol. The first-order valence-corrected chi connectivity index (χ1v) is 7.20. The molecule has 0 spiro atoms. The Balaban J connectivity index is 2.11. The van der Waals surface area contributed by atoms with E-state index >= 15 is 0 Å². The Labute approximate surface area is 120 Å². The van der Waals surface area contributed by atoms with Crippen LogP contribution in [0.15, 0.2) is 30.3 Å². The molecule has 1 aromatic rings. The summed E-state index contributed by atoms with van der Waals surface area (Å²) in [6, 6.07) is 10.0. The van der Waals surface area contributed by atoms with Crippen molar-refractivity contribution in [3.05, 3.63) is 35.9 Å². The first-order chi connectivity index (χ1) is 9.55. The molecule has 0 saturated carbocycles. The largest absolute Gasteiger partial charge is 0.465 e. The van der Waals surface area contributed by atoms with Crippen molar-refractivity contribution in [3.8, 4) is 0 Å². The molecule has 1 aliphatic rings. The van der Waals surface area contributed by atoms with Gasteiger partial charge >= 0.3 is 6.09 Å². The van der Waals surface area contributed by atoms with E-state index in [9.17, 15) is 9.90 Å². The summed E-state index contributed by atoms with van der Waals surface area (Å²) in [7, 11) is 0. The average Bonchev–Trinajstić information content (AvgIpc) is 2.74. The van der Waals surface area contributed by atoms with Crippen LogP contribution < -0.4 is 0 Å². The van der Waals surface area contributed by atoms with Crippen LogP contribution in [0.4, 0.5) is 4.79 Å². The van der Waals surface area contributed by atoms with Crippen LogP contribution in [0, 0.1) is 5.92 Å². The SMILES string of the molecule is CC1(Cc2ccccc2)CC(CCCO)CN1C(=O)O. The molecule has 2 N–H and O–H groups in total. The highest BCUT2D eigenvalue weighted by atomic mass is 16.4. The third-order valence-electron chi connectivity index (χ3n) is 4.25. The van der Waals surface area contributed by atoms with E-state index < -0.39 is 6.09 Å². The molecule has 1 aromatic carbocycles. The van der Waals surface area contributed by atoms with Crippen LogP contribution in [0.1, 0.15) is 31.7 Å². The molecule has 2 unspecified atom stereocenters. The number of aliphatic hydroxyl groups excluding tert-OH is 1. The summed E-state index contributed by atoms with van der Waals surface area (Å²) < 4.78 is 0. The van der Waals surface area contributed by atoms with Gasteiger partial charge in [0, 0.05) is 18.7 Å². The summed E-state index contributed by atoms with van der Waals surface area (Å²) in [6.45, 7) is 2.80. The summed E-state index contributed by atoms with van der Waals surface area (Å²) in [5.41, 5.74) is 0.830. The van der Waals surface area contributed by atoms with Gasteiger partial charge in [0.15, 0.2) is 0 Å². The molecule has 1 fully saturated rings. The van der Waals surface area contributed by atoms with Gasteiger partial charge in [0.1, 0.15) is 0 Å². The second-order valence-corrected chi connectivity index (χ2v) is 5.99. The molecular weight excluding hydrogens is 254 g/mol. The van der Waals surface area contributed by atoms with Crippen molar-refractivity contribution >= 4 is 6.09 Å². The number of amides is 1. The van der Waals surface area contributed by atoms with E-state index in [0.717, 1.165) is 25.7 Å². The van der Waals surface area contributed by atoms with Gasteiger partial charge in [-0.1, -0.05) is 30.3 Å². The van der Waals surface area contributed by atoms with E-state index in [4.69, 9.17) is 5.11 Å². The number of hydrogen-bond donors (Lipinski definition) is 2. The Morgan fingerprint density at radius 3 is 2.70 bits per heavy atom. The van der Waals surface area contributed by atoms with Crippen molar-refractivity contribution in [1.29, 1.82) is 0 Å². The van der Waals surface area contributed by atoms with Gasteiger partial charge in [0.25, 0.3) is 0 Å². The van der Waals surface area contributed by atoms with Crippen molar-refractivity contribution < 1.29 is 15.0 Å². The van der Waals surface area contributed by atoms with Crippen LogP contribution in [-0.4, -0.2) is 39.9 Å². The highest BCUT2D eigenvalue weighted by molar-refractivity contribution is 5.66. The average molecular weight is 277 g/mol. The number of benzene rings is 1. The van der Waals surface area contributed by atoms with E-state index in [1.807, 2.05) is 37.3 Å². The van der Waals surface area contributed by atoms with Gasteiger partial charge in [-0.2, -0.15) is 0 Å². The van der Waals surface area contributed by atoms with Gasteiger partial charge in [-0.05, 0) is 44.1 Å². The summed E-state index contributed by atoms with van der Waals surface area (Å²) >= 11 is 0. The lowest BCUT2D eigenvalue weighted by Gasteiger charge is -2.33. The molecule has 110 valence electrons. The summed E-state index contributed by atoms with van der Waals surface area (Å²) in [5, 5.41) is 18.4. The van der Waals surface area contributed by atoms with Gasteiger partial charge in [-0.15, -0.1) is 0 Å². The van der Waals surface area contributed by atoms with Crippen LogP contribution in [-0.2, 0) is 6.42 Å². The predicted octanol–water partition coefficient (Wildman–Crippen LogP) is 2.76. The van der Waals surface area contributed by atoms with E-state index in [0.29, 0.717) is 12.5 Å². The molecule has 0 aliphatic carbocycles. The number of carboxylic acid groups (broad SMARTS) is 1. The number of likely N-dealkylation sites (tertiary alicyclic amines) is 1. The molecule has 1 aliphatic heterocycles. The second kappa shape index (κ2) is 6.27. The Bertz CT molecular complexity index is 448. The zero-order chi connectivity index (χ0) is 14.6. The smallest absolute Gasteiger partial charge is 0.407 e. The summed E-state index contributed by atoms with van der Waals surface area (Å²) in [6.07, 6.45) is 2.42. The quantitative estimate of drug-likeness (QED) is 0.870. The van der Waals surface area contributed by atoms with Crippen molar-refractivity contribution in [3.63, 3.8) is 0 Å². The Kier molecular flexibility index (Phi) is 4.65. The maximum absolute atomic E-state index is 11.5. The maximum Gasteiger partial charge on any atom is 0.407 e. The summed E-state index contributed by atoms with van der Waals surface area (Å²) in [5.74, 6) is 0.354. The third-order valence-corrected chi connectivity index (χ3v) is 4.25. The molecule has 0 aromatic heterocycles. The molecule has 2 atom stereocenters. The first-order valence-electron chi connectivity index (χ1n) is 7.20. The van der Waals surface area contributed by atoms with Crippen LogP contribution >= 0.6 is 0 Å². The Hall–Kier alpha value is -1.55. The van der Waals surface area contributed by atoms with Crippen molar-refractivity contribution in [2.75, 3.05) is 13.2 Å². The van der Waals surface area contributed by atoms with Crippen LogP contribution in [0.3, 0.4) is 0 Å². The highest BCUT2D eigenvalue weighted by Crippen LogP contribution is 2.37. The van der Waals surface area contributed by atoms with Crippen LogP contribution in [0.25, 0.3) is 0 Å². The molecule has 20 heavy (non-hydrogen) atoms. The topological polar surface area (TPSA) is 60.8 Å². The van der Waals surface area contributed by atoms with E-state index in [1.54, 1.807) is 4.90 Å². The van der Waals surface area contributed by atoms with Gasteiger partial charge in [-0.25, -0.2) is 4.79 Å². The van der Waals surface area contributed by atoms with Crippen molar-refractivity contribution in [1.82, 2.24) is 4.90 Å². The molecule has 1 saturated heterocycles. The number of nitrogens with zero attached hydrogens (tertiary/aromatic N) is 1. The standard InChI is InChI=1S/C16H23NO3/c1-16(10-13-6-3-2-4-7-13)11-14(8-5-9-18)12-17(16)15(19)20/h2-4,6-7,14,18H,5,8-12H2,1H3,(H,19,20). The maximum atomic E-state index is 11.5. The molecule has 4 heteroatoms. The van der Waals surface area contributed by atoms with Crippen LogP contribution in [0.5, 0.6) is 0 Å². The van der Waals surface area contributed by atoms with Gasteiger partial charge in [0.2, 0.25) is 0 Å². The molecule has 0 bridgehead atoms. The summed E-state index contributed by atoms with van der Waals surface area (Å²) in [4.78, 5) is 13.1. The molecule has 4 nitrogen and oxygen atoms in total. The minimum Gasteiger partial charge on any atom is -0.465 e. The zero-order valence-electron chi connectivity index (χ0n) is 12.0. The minimum atomic E-state index is -0.838. The fraction of sp³-hybridized carbons (Fsp3) is 0.562. The highest BCUT2D eigenvalue weighted by Gasteiger charge is 2.44. The zero-order valence-corrected chi connectivity index (χ0v) is 12.0. The number of aliphatic hydroxyl groups is 1. The minimum absolute atomic E-state index is 0.180. The lowest BCUT2D eigenvalue weighted by Crippen LogP contribution is -2.45. The molecule has 0 radical (unpaired) electrons. The number of carbonyl (C=O) groups is 1. The van der Waals surface area contributed by atoms with Crippen LogP contribution in [0.2, 0.25) is 0 Å². The third kappa shape index (κ3) is 3.31. The first kappa shape index (κ1) is 14.9. The molecule has 1 heterocycles. The Morgan fingerprint density at radius 1 is 1.40 bits per heavy atom. The lowest BCUT2D eigenvalue weighted by molar-refractivity contribution is 0.109. The monoisotopic (exact) mass is 277 g/mol. The van der Waals surface area contributed by atoms with E-state index in [-0.39, 0.29) is 12.1 Å². The fourth-order valence-electron chi connectivity index (χ4n) is 3.36. The second-order valence-electron chi connectivity index (χ2n) is 5.99. The number of hydrogen-bond acceptors (Lipinski definition) is 2. The molecule has 1 amide bonds. The lowest BCUT2D eigenvalue weighted by atomic mass is 9.86. The Morgan fingerprint density at radius 2 is 2.10 bits per heavy atom. The molecular formula is C16H23NO3. The molecule has 2 rings (SSSR count). The van der Waals surface area contributed by atoms with Gasteiger partial charge in [-0.3, -0.25) is 0 Å². The van der Waals surface area contributed by atoms with Gasteiger partial charge in [0.05, 0.1) is 0 Å². The van der Waals surface area contributed by atoms with Crippen molar-refractivity contribution in [2.45, 2.75) is 38.1 Å². The fourth-order valence-corrected chi connectivity index (χ4v) is 3.36. The van der Waals surface area contributed by atoms with Gasteiger partial charge < -0.3 is 15.1 Å².